The van der Waals surface area contributed by atoms with E-state index in [4.69, 9.17) is 0 Å². The van der Waals surface area contributed by atoms with Crippen LogP contribution < -0.4 is 0 Å². The normalized spacial score (nSPS) is 27.0. The van der Waals surface area contributed by atoms with Gasteiger partial charge in [0.2, 0.25) is 0 Å². The monoisotopic (exact) mass is 306 g/mol. The summed E-state index contributed by atoms with van der Waals surface area (Å²) in [5.41, 5.74) is 0.817. The van der Waals surface area contributed by atoms with E-state index >= 15 is 0 Å². The molecule has 0 spiro atoms. The Morgan fingerprint density at radius 2 is 1.77 bits per heavy atom. The van der Waals surface area contributed by atoms with E-state index in [0.717, 1.165) is 37.7 Å². The number of hydrogen-bond acceptors (Lipinski definition) is 2. The summed E-state index contributed by atoms with van der Waals surface area (Å²) in [5.74, 6) is -1.71. The van der Waals surface area contributed by atoms with Crippen LogP contribution in [-0.4, -0.2) is 22.2 Å². The van der Waals surface area contributed by atoms with Crippen LogP contribution in [0.5, 0.6) is 0 Å². The van der Waals surface area contributed by atoms with Crippen LogP contribution >= 0.6 is 0 Å². The second-order valence-electron chi connectivity index (χ2n) is 7.01. The Morgan fingerprint density at radius 1 is 1.18 bits per heavy atom. The van der Waals surface area contributed by atoms with Gasteiger partial charge in [0.1, 0.15) is 0 Å². The van der Waals surface area contributed by atoms with E-state index in [2.05, 4.69) is 0 Å². The molecule has 4 heteroatoms. The molecule has 0 bridgehead atoms. The van der Waals surface area contributed by atoms with Gasteiger partial charge in [-0.3, -0.25) is 4.79 Å². The molecule has 1 atom stereocenters. The first-order valence-corrected chi connectivity index (χ1v) is 8.19. The zero-order chi connectivity index (χ0) is 16.5. The molecule has 0 amide bonds. The summed E-state index contributed by atoms with van der Waals surface area (Å²) in [6.45, 7) is 5.79. The Hall–Kier alpha value is -1.58. The van der Waals surface area contributed by atoms with Crippen molar-refractivity contribution in [3.8, 4) is 0 Å². The number of hydrogen-bond donors (Lipinski definition) is 2. The molecule has 122 valence electrons. The Labute approximate surface area is 131 Å². The van der Waals surface area contributed by atoms with Crippen molar-refractivity contribution in [1.29, 1.82) is 0 Å². The molecule has 2 N–H and O–H groups in total. The predicted molar refractivity (Wildman–Crippen MR) is 84.5 cm³/mol. The van der Waals surface area contributed by atoms with E-state index < -0.39 is 17.4 Å². The molecule has 2 aliphatic rings. The Kier molecular flexibility index (Phi) is 4.78. The van der Waals surface area contributed by atoms with E-state index in [1.54, 1.807) is 6.92 Å². The van der Waals surface area contributed by atoms with Gasteiger partial charge in [0.15, 0.2) is 0 Å². The molecular weight excluding hydrogens is 280 g/mol. The molecule has 0 aliphatic heterocycles. The van der Waals surface area contributed by atoms with Crippen molar-refractivity contribution in [3.63, 3.8) is 0 Å². The minimum absolute atomic E-state index is 0.0369. The lowest BCUT2D eigenvalue weighted by molar-refractivity contribution is -0.151. The number of aliphatic carboxylic acids is 2. The van der Waals surface area contributed by atoms with Gasteiger partial charge in [-0.15, -0.1) is 0 Å². The summed E-state index contributed by atoms with van der Waals surface area (Å²) in [6.07, 6.45) is 6.93. The fourth-order valence-electron chi connectivity index (χ4n) is 4.24. The number of carboxylic acid groups (broad SMARTS) is 2. The van der Waals surface area contributed by atoms with Crippen LogP contribution in [0.25, 0.3) is 0 Å². The lowest BCUT2D eigenvalue weighted by Gasteiger charge is -2.45. The van der Waals surface area contributed by atoms with Gasteiger partial charge in [0, 0.05) is 5.57 Å². The highest BCUT2D eigenvalue weighted by molar-refractivity contribution is 5.92. The molecule has 0 radical (unpaired) electrons. The second kappa shape index (κ2) is 6.27. The van der Waals surface area contributed by atoms with Gasteiger partial charge in [-0.2, -0.15) is 0 Å². The lowest BCUT2D eigenvalue weighted by Crippen LogP contribution is -2.45. The molecule has 1 unspecified atom stereocenters. The van der Waals surface area contributed by atoms with E-state index in [1.807, 2.05) is 19.9 Å². The van der Waals surface area contributed by atoms with Crippen molar-refractivity contribution >= 4 is 11.9 Å². The van der Waals surface area contributed by atoms with Crippen LogP contribution in [0.2, 0.25) is 0 Å². The Balaban J connectivity index is 2.58. The van der Waals surface area contributed by atoms with Crippen molar-refractivity contribution < 1.29 is 19.8 Å². The Morgan fingerprint density at radius 3 is 2.23 bits per heavy atom. The van der Waals surface area contributed by atoms with Crippen LogP contribution in [0.4, 0.5) is 0 Å². The third-order valence-electron chi connectivity index (χ3n) is 5.38. The summed E-state index contributed by atoms with van der Waals surface area (Å²) < 4.78 is 0. The summed E-state index contributed by atoms with van der Waals surface area (Å²) in [5, 5.41) is 19.6. The molecule has 0 heterocycles. The lowest BCUT2D eigenvalue weighted by atomic mass is 9.57. The Bertz CT molecular complexity index is 535. The van der Waals surface area contributed by atoms with Gasteiger partial charge in [0.05, 0.1) is 5.41 Å². The zero-order valence-corrected chi connectivity index (χ0v) is 13.7. The van der Waals surface area contributed by atoms with Crippen LogP contribution in [0.15, 0.2) is 22.8 Å². The molecule has 1 saturated carbocycles. The van der Waals surface area contributed by atoms with Gasteiger partial charge < -0.3 is 10.2 Å². The molecule has 0 aromatic carbocycles. The highest BCUT2D eigenvalue weighted by Gasteiger charge is 2.52. The maximum atomic E-state index is 12.3. The maximum Gasteiger partial charge on any atom is 0.331 e. The number of rotatable bonds is 4. The quantitative estimate of drug-likeness (QED) is 0.822. The van der Waals surface area contributed by atoms with Crippen molar-refractivity contribution in [2.75, 3.05) is 0 Å². The molecule has 0 saturated heterocycles. The first-order valence-electron chi connectivity index (χ1n) is 8.19. The van der Waals surface area contributed by atoms with Gasteiger partial charge in [-0.1, -0.05) is 39.2 Å². The molecule has 4 nitrogen and oxygen atoms in total. The first kappa shape index (κ1) is 16.8. The van der Waals surface area contributed by atoms with Crippen molar-refractivity contribution in [3.05, 3.63) is 22.8 Å². The average molecular weight is 306 g/mol. The standard InChI is InChI=1S/C18H26O4/c1-11(2)15-9-12(3)14(16(19)20)10-18(15,17(21)22)13-7-5-4-6-8-13/h9,11,13H,4-8,10H2,1-3H3,(H,19,20)(H,21,22). The third-order valence-corrected chi connectivity index (χ3v) is 5.38. The SMILES string of the molecule is CC1=C(C(=O)O)CC(C(=O)O)(C2CCCCC2)C(C(C)C)=C1. The highest BCUT2D eigenvalue weighted by atomic mass is 16.4. The smallest absolute Gasteiger partial charge is 0.331 e. The van der Waals surface area contributed by atoms with Crippen molar-refractivity contribution in [2.24, 2.45) is 17.3 Å². The number of allylic oxidation sites excluding steroid dienone is 2. The molecule has 2 rings (SSSR count). The van der Waals surface area contributed by atoms with Crippen molar-refractivity contribution in [1.82, 2.24) is 0 Å². The topological polar surface area (TPSA) is 74.6 Å². The van der Waals surface area contributed by atoms with E-state index in [1.165, 1.54) is 0 Å². The van der Waals surface area contributed by atoms with E-state index in [9.17, 15) is 19.8 Å². The fourth-order valence-corrected chi connectivity index (χ4v) is 4.24. The van der Waals surface area contributed by atoms with E-state index in [0.29, 0.717) is 5.57 Å². The summed E-state index contributed by atoms with van der Waals surface area (Å²) in [4.78, 5) is 23.9. The molecule has 22 heavy (non-hydrogen) atoms. The largest absolute Gasteiger partial charge is 0.481 e. The van der Waals surface area contributed by atoms with Crippen LogP contribution in [0.1, 0.15) is 59.3 Å². The van der Waals surface area contributed by atoms with Gasteiger partial charge >= 0.3 is 11.9 Å². The number of carbonyl (C=O) groups is 2. The minimum atomic E-state index is -1.04. The van der Waals surface area contributed by atoms with Gasteiger partial charge in [-0.25, -0.2) is 4.79 Å². The highest BCUT2D eigenvalue weighted by Crippen LogP contribution is 2.53. The van der Waals surface area contributed by atoms with Crippen LogP contribution in [0, 0.1) is 17.3 Å². The molecule has 2 aliphatic carbocycles. The number of carboxylic acids is 2. The van der Waals surface area contributed by atoms with Crippen molar-refractivity contribution in [2.45, 2.75) is 59.3 Å². The van der Waals surface area contributed by atoms with Gasteiger partial charge in [-0.05, 0) is 49.2 Å². The zero-order valence-electron chi connectivity index (χ0n) is 13.7. The summed E-state index contributed by atoms with van der Waals surface area (Å²) >= 11 is 0. The fraction of sp³-hybridized carbons (Fsp3) is 0.667. The van der Waals surface area contributed by atoms with Crippen LogP contribution in [0.3, 0.4) is 0 Å². The molecule has 0 aromatic rings. The first-order chi connectivity index (χ1) is 10.3. The maximum absolute atomic E-state index is 12.3. The molecular formula is C18H26O4. The summed E-state index contributed by atoms with van der Waals surface area (Å²) in [7, 11) is 0. The average Bonchev–Trinajstić information content (AvgIpc) is 2.47. The summed E-state index contributed by atoms with van der Waals surface area (Å²) in [6, 6.07) is 0. The molecule has 1 fully saturated rings. The van der Waals surface area contributed by atoms with Gasteiger partial charge in [0.25, 0.3) is 0 Å². The molecule has 0 aromatic heterocycles. The van der Waals surface area contributed by atoms with Crippen LogP contribution in [-0.2, 0) is 9.59 Å². The third kappa shape index (κ3) is 2.71. The van der Waals surface area contributed by atoms with E-state index in [-0.39, 0.29) is 23.8 Å². The minimum Gasteiger partial charge on any atom is -0.481 e. The second-order valence-corrected chi connectivity index (χ2v) is 7.01. The predicted octanol–water partition coefficient (Wildman–Crippen LogP) is 4.02.